The van der Waals surface area contributed by atoms with Gasteiger partial charge in [-0.15, -0.1) is 5.10 Å². The molecule has 0 spiro atoms. The molecule has 8 heteroatoms. The molecule has 0 bridgehead atoms. The maximum Gasteiger partial charge on any atom is 0.315 e. The maximum absolute atomic E-state index is 5.98. The van der Waals surface area contributed by atoms with E-state index in [4.69, 9.17) is 16.0 Å². The first-order valence-electron chi connectivity index (χ1n) is 7.80. The summed E-state index contributed by atoms with van der Waals surface area (Å²) in [5.74, 6) is 1.01. The van der Waals surface area contributed by atoms with E-state index in [0.29, 0.717) is 22.9 Å². The van der Waals surface area contributed by atoms with Crippen LogP contribution in [0.1, 0.15) is 13.8 Å². The van der Waals surface area contributed by atoms with Crippen molar-refractivity contribution in [2.45, 2.75) is 19.9 Å². The second-order valence-corrected chi connectivity index (χ2v) is 6.26. The van der Waals surface area contributed by atoms with Crippen molar-refractivity contribution < 1.29 is 4.42 Å². The standard InChI is InChI=1S/C17H15ClN6O/c1-9(2)21-17-24-23-16(25-17)10-3-4-13-11(7-10)12(8-20-13)15-19-6-5-14(18)22-15/h3-9,20H,1-2H3,(H,21,24). The summed E-state index contributed by atoms with van der Waals surface area (Å²) in [5.41, 5.74) is 2.64. The number of fused-ring (bicyclic) bond motifs is 1. The third kappa shape index (κ3) is 3.06. The lowest BCUT2D eigenvalue weighted by molar-refractivity contribution is 0.574. The highest BCUT2D eigenvalue weighted by Gasteiger charge is 2.14. The highest BCUT2D eigenvalue weighted by Crippen LogP contribution is 2.31. The van der Waals surface area contributed by atoms with Gasteiger partial charge in [-0.25, -0.2) is 9.97 Å². The van der Waals surface area contributed by atoms with E-state index in [2.05, 4.69) is 30.5 Å². The third-order valence-electron chi connectivity index (χ3n) is 3.63. The fourth-order valence-electron chi connectivity index (χ4n) is 2.55. The van der Waals surface area contributed by atoms with Gasteiger partial charge in [-0.2, -0.15) is 0 Å². The first-order chi connectivity index (χ1) is 12.1. The minimum atomic E-state index is 0.215. The number of aromatic amines is 1. The van der Waals surface area contributed by atoms with Crippen LogP contribution in [-0.4, -0.2) is 31.2 Å². The van der Waals surface area contributed by atoms with Crippen LogP contribution in [0, 0.1) is 0 Å². The number of nitrogens with zero attached hydrogens (tertiary/aromatic N) is 4. The monoisotopic (exact) mass is 354 g/mol. The first kappa shape index (κ1) is 15.6. The van der Waals surface area contributed by atoms with Gasteiger partial charge in [-0.05, 0) is 38.1 Å². The Bertz CT molecular complexity index is 1040. The predicted molar refractivity (Wildman–Crippen MR) is 96.4 cm³/mol. The largest absolute Gasteiger partial charge is 0.403 e. The van der Waals surface area contributed by atoms with Crippen LogP contribution in [0.3, 0.4) is 0 Å². The molecule has 0 atom stereocenters. The zero-order valence-corrected chi connectivity index (χ0v) is 14.4. The van der Waals surface area contributed by atoms with Gasteiger partial charge in [0.25, 0.3) is 0 Å². The molecule has 2 N–H and O–H groups in total. The molecule has 4 rings (SSSR count). The third-order valence-corrected chi connectivity index (χ3v) is 3.84. The van der Waals surface area contributed by atoms with Gasteiger partial charge in [0.2, 0.25) is 5.89 Å². The van der Waals surface area contributed by atoms with Crippen LogP contribution in [0.2, 0.25) is 5.15 Å². The van der Waals surface area contributed by atoms with Gasteiger partial charge in [0.1, 0.15) is 5.15 Å². The highest BCUT2D eigenvalue weighted by atomic mass is 35.5. The van der Waals surface area contributed by atoms with Gasteiger partial charge in [-0.3, -0.25) is 0 Å². The van der Waals surface area contributed by atoms with Gasteiger partial charge >= 0.3 is 6.01 Å². The number of anilines is 1. The van der Waals surface area contributed by atoms with Crippen LogP contribution in [0.25, 0.3) is 33.7 Å². The number of benzene rings is 1. The molecule has 0 radical (unpaired) electrons. The Balaban J connectivity index is 1.77. The van der Waals surface area contributed by atoms with Crippen LogP contribution in [-0.2, 0) is 0 Å². The summed E-state index contributed by atoms with van der Waals surface area (Å²) in [6, 6.07) is 8.11. The average Bonchev–Trinajstić information content (AvgIpc) is 3.20. The molecule has 0 unspecified atom stereocenters. The molecule has 0 aliphatic rings. The van der Waals surface area contributed by atoms with Crippen LogP contribution in [0.5, 0.6) is 0 Å². The molecule has 0 aliphatic heterocycles. The summed E-state index contributed by atoms with van der Waals surface area (Å²) >= 11 is 5.98. The Morgan fingerprint density at radius 2 is 2.08 bits per heavy atom. The molecule has 0 saturated heterocycles. The van der Waals surface area contributed by atoms with Crippen molar-refractivity contribution in [1.29, 1.82) is 0 Å². The smallest absolute Gasteiger partial charge is 0.315 e. The zero-order chi connectivity index (χ0) is 17.4. The minimum absolute atomic E-state index is 0.215. The average molecular weight is 355 g/mol. The van der Waals surface area contributed by atoms with E-state index in [1.807, 2.05) is 38.2 Å². The Kier molecular flexibility index (Phi) is 3.85. The van der Waals surface area contributed by atoms with Gasteiger partial charge in [0.05, 0.1) is 0 Å². The topological polar surface area (TPSA) is 92.5 Å². The van der Waals surface area contributed by atoms with E-state index >= 15 is 0 Å². The molecule has 0 aliphatic carbocycles. The van der Waals surface area contributed by atoms with E-state index in [0.717, 1.165) is 22.0 Å². The molecule has 0 fully saturated rings. The molecular weight excluding hydrogens is 340 g/mol. The van der Waals surface area contributed by atoms with E-state index < -0.39 is 0 Å². The van der Waals surface area contributed by atoms with Crippen LogP contribution in [0.4, 0.5) is 6.01 Å². The van der Waals surface area contributed by atoms with Crippen molar-refractivity contribution in [1.82, 2.24) is 25.1 Å². The van der Waals surface area contributed by atoms with Gasteiger partial charge < -0.3 is 14.7 Å². The number of H-pyrrole nitrogens is 1. The van der Waals surface area contributed by atoms with E-state index in [9.17, 15) is 0 Å². The summed E-state index contributed by atoms with van der Waals surface area (Å²) in [6.45, 7) is 4.01. The molecule has 1 aromatic carbocycles. The molecular formula is C17H15ClN6O. The maximum atomic E-state index is 5.98. The van der Waals surface area contributed by atoms with Crippen molar-refractivity contribution >= 4 is 28.5 Å². The molecule has 3 heterocycles. The summed E-state index contributed by atoms with van der Waals surface area (Å²) in [7, 11) is 0. The van der Waals surface area contributed by atoms with E-state index in [-0.39, 0.29) is 6.04 Å². The first-order valence-corrected chi connectivity index (χ1v) is 8.18. The quantitative estimate of drug-likeness (QED) is 0.535. The van der Waals surface area contributed by atoms with E-state index in [1.54, 1.807) is 12.3 Å². The second-order valence-electron chi connectivity index (χ2n) is 5.88. The number of rotatable bonds is 4. The van der Waals surface area contributed by atoms with Crippen molar-refractivity contribution in [2.75, 3.05) is 5.32 Å². The highest BCUT2D eigenvalue weighted by molar-refractivity contribution is 6.29. The summed E-state index contributed by atoms with van der Waals surface area (Å²) in [4.78, 5) is 11.8. The molecule has 0 saturated carbocycles. The summed E-state index contributed by atoms with van der Waals surface area (Å²) in [6.07, 6.45) is 3.49. The van der Waals surface area contributed by atoms with Gasteiger partial charge in [-0.1, -0.05) is 16.7 Å². The SMILES string of the molecule is CC(C)Nc1nnc(-c2ccc3[nH]cc(-c4nccc(Cl)n4)c3c2)o1. The number of nitrogens with one attached hydrogen (secondary N) is 2. The number of hydrogen-bond acceptors (Lipinski definition) is 6. The van der Waals surface area contributed by atoms with Crippen molar-refractivity contribution in [3.05, 3.63) is 41.8 Å². The van der Waals surface area contributed by atoms with Gasteiger partial charge in [0, 0.05) is 40.5 Å². The second kappa shape index (κ2) is 6.18. The Hall–Kier alpha value is -2.93. The Labute approximate surface area is 148 Å². The molecule has 0 amide bonds. The van der Waals surface area contributed by atoms with Gasteiger partial charge in [0.15, 0.2) is 5.82 Å². The van der Waals surface area contributed by atoms with Crippen molar-refractivity contribution in [3.8, 4) is 22.8 Å². The molecule has 3 aromatic heterocycles. The summed E-state index contributed by atoms with van der Waals surface area (Å²) < 4.78 is 5.67. The zero-order valence-electron chi connectivity index (χ0n) is 13.6. The number of hydrogen-bond donors (Lipinski definition) is 2. The Morgan fingerprint density at radius 3 is 2.88 bits per heavy atom. The minimum Gasteiger partial charge on any atom is -0.403 e. The molecule has 7 nitrogen and oxygen atoms in total. The number of aromatic nitrogens is 5. The predicted octanol–water partition coefficient (Wildman–Crippen LogP) is 4.15. The van der Waals surface area contributed by atoms with Crippen LogP contribution >= 0.6 is 11.6 Å². The van der Waals surface area contributed by atoms with E-state index in [1.165, 1.54) is 0 Å². The normalized spacial score (nSPS) is 11.4. The molecule has 126 valence electrons. The van der Waals surface area contributed by atoms with Crippen LogP contribution in [0.15, 0.2) is 41.1 Å². The van der Waals surface area contributed by atoms with Crippen LogP contribution < -0.4 is 5.32 Å². The molecule has 25 heavy (non-hydrogen) atoms. The fourth-order valence-corrected chi connectivity index (χ4v) is 2.69. The number of halogens is 1. The fraction of sp³-hybridized carbons (Fsp3) is 0.176. The van der Waals surface area contributed by atoms with Crippen molar-refractivity contribution in [3.63, 3.8) is 0 Å². The van der Waals surface area contributed by atoms with Crippen molar-refractivity contribution in [2.24, 2.45) is 0 Å². The lowest BCUT2D eigenvalue weighted by Gasteiger charge is -2.03. The Morgan fingerprint density at radius 1 is 1.20 bits per heavy atom. The summed E-state index contributed by atoms with van der Waals surface area (Å²) in [5, 5.41) is 12.6. The lowest BCUT2D eigenvalue weighted by Crippen LogP contribution is -2.09. The lowest BCUT2D eigenvalue weighted by atomic mass is 10.1. The molecule has 4 aromatic rings.